The van der Waals surface area contributed by atoms with Gasteiger partial charge in [0.05, 0.1) is 6.42 Å². The normalized spacial score (nSPS) is 16.6. The average Bonchev–Trinajstić information content (AvgIpc) is 3.21. The molecule has 0 fully saturated rings. The number of hydrogen-bond donors (Lipinski definition) is 1. The van der Waals surface area contributed by atoms with Crippen molar-refractivity contribution in [2.24, 2.45) is 0 Å². The Bertz CT molecular complexity index is 1290. The number of aliphatic carboxylic acids is 1. The van der Waals surface area contributed by atoms with Crippen molar-refractivity contribution < 1.29 is 19.4 Å². The summed E-state index contributed by atoms with van der Waals surface area (Å²) in [4.78, 5) is 26.6. The van der Waals surface area contributed by atoms with E-state index < -0.39 is 5.97 Å². The van der Waals surface area contributed by atoms with Gasteiger partial charge in [0, 0.05) is 31.5 Å². The van der Waals surface area contributed by atoms with Crippen molar-refractivity contribution in [1.29, 1.82) is 0 Å². The number of benzene rings is 3. The van der Waals surface area contributed by atoms with Gasteiger partial charge in [-0.3, -0.25) is 9.59 Å². The monoisotopic (exact) mass is 513 g/mol. The van der Waals surface area contributed by atoms with Gasteiger partial charge < -0.3 is 14.7 Å². The van der Waals surface area contributed by atoms with Crippen molar-refractivity contribution in [2.75, 3.05) is 6.54 Å². The first kappa shape index (κ1) is 27.4. The van der Waals surface area contributed by atoms with Gasteiger partial charge in [0.2, 0.25) is 0 Å². The Balaban J connectivity index is 1.50. The van der Waals surface area contributed by atoms with E-state index >= 15 is 0 Å². The van der Waals surface area contributed by atoms with Crippen LogP contribution in [-0.4, -0.2) is 34.0 Å². The van der Waals surface area contributed by atoms with E-state index in [2.05, 4.69) is 71.0 Å². The number of ether oxygens (including phenoxy) is 1. The zero-order chi connectivity index (χ0) is 27.5. The second-order valence-corrected chi connectivity index (χ2v) is 11.7. The number of rotatable bonds is 9. The van der Waals surface area contributed by atoms with Crippen LogP contribution in [0, 0.1) is 0 Å². The van der Waals surface area contributed by atoms with Crippen LogP contribution in [0.3, 0.4) is 0 Å². The number of fused-ring (bicyclic) bond motifs is 1. The summed E-state index contributed by atoms with van der Waals surface area (Å²) in [7, 11) is 0. The fourth-order valence-corrected chi connectivity index (χ4v) is 5.07. The summed E-state index contributed by atoms with van der Waals surface area (Å²) < 4.78 is 6.36. The standard InChI is InChI=1S/C33H39NO4/c1-6-23-7-9-24(10-8-23)20-33(5)21-27-19-26(13-16-29(27)38-33)31(37)34(18-17-30(35)36)22-25-11-14-28(15-12-25)32(2,3)4/h7-16,19H,6,17-18,20-22H2,1-5H3,(H,35,36). The van der Waals surface area contributed by atoms with Gasteiger partial charge in [-0.1, -0.05) is 76.2 Å². The minimum Gasteiger partial charge on any atom is -0.487 e. The predicted molar refractivity (Wildman–Crippen MR) is 151 cm³/mol. The lowest BCUT2D eigenvalue weighted by Gasteiger charge is -2.24. The van der Waals surface area contributed by atoms with Crippen molar-refractivity contribution in [3.05, 3.63) is 100 Å². The van der Waals surface area contributed by atoms with Crippen LogP contribution in [0.5, 0.6) is 5.75 Å². The number of carboxylic acid groups (broad SMARTS) is 1. The first-order valence-electron chi connectivity index (χ1n) is 13.5. The van der Waals surface area contributed by atoms with Gasteiger partial charge in [-0.15, -0.1) is 0 Å². The van der Waals surface area contributed by atoms with E-state index in [1.807, 2.05) is 24.3 Å². The highest BCUT2D eigenvalue weighted by Crippen LogP contribution is 2.38. The molecule has 3 aromatic rings. The highest BCUT2D eigenvalue weighted by molar-refractivity contribution is 5.95. The van der Waals surface area contributed by atoms with Gasteiger partial charge >= 0.3 is 5.97 Å². The predicted octanol–water partition coefficient (Wildman–Crippen LogP) is 6.60. The second-order valence-electron chi connectivity index (χ2n) is 11.7. The third-order valence-corrected chi connectivity index (χ3v) is 7.31. The van der Waals surface area contributed by atoms with Crippen molar-refractivity contribution in [3.8, 4) is 5.75 Å². The number of aryl methyl sites for hydroxylation is 1. The molecule has 5 nitrogen and oxygen atoms in total. The van der Waals surface area contributed by atoms with Crippen molar-refractivity contribution in [1.82, 2.24) is 4.90 Å². The Morgan fingerprint density at radius 1 is 0.947 bits per heavy atom. The van der Waals surface area contributed by atoms with Crippen molar-refractivity contribution in [2.45, 2.75) is 77.9 Å². The van der Waals surface area contributed by atoms with E-state index in [1.165, 1.54) is 16.7 Å². The molecule has 1 heterocycles. The highest BCUT2D eigenvalue weighted by atomic mass is 16.5. The molecule has 1 amide bonds. The Morgan fingerprint density at radius 3 is 2.18 bits per heavy atom. The van der Waals surface area contributed by atoms with Crippen LogP contribution in [0.1, 0.15) is 79.2 Å². The SMILES string of the molecule is CCc1ccc(CC2(C)Cc3cc(C(=O)N(CCC(=O)O)Cc4ccc(C(C)(C)C)cc4)ccc3O2)cc1. The molecule has 0 radical (unpaired) electrons. The number of hydrogen-bond acceptors (Lipinski definition) is 3. The summed E-state index contributed by atoms with van der Waals surface area (Å²) in [6, 6.07) is 22.5. The van der Waals surface area contributed by atoms with E-state index in [4.69, 9.17) is 4.74 Å². The van der Waals surface area contributed by atoms with E-state index in [1.54, 1.807) is 11.0 Å². The summed E-state index contributed by atoms with van der Waals surface area (Å²) in [6.45, 7) is 11.3. The molecule has 0 saturated carbocycles. The summed E-state index contributed by atoms with van der Waals surface area (Å²) in [5.41, 5.74) is 5.96. The average molecular weight is 514 g/mol. The molecule has 0 saturated heterocycles. The molecule has 5 heteroatoms. The maximum atomic E-state index is 13.6. The molecular formula is C33H39NO4. The zero-order valence-corrected chi connectivity index (χ0v) is 23.2. The van der Waals surface area contributed by atoms with Gasteiger partial charge in [0.15, 0.2) is 0 Å². The van der Waals surface area contributed by atoms with Gasteiger partial charge in [-0.05, 0) is 64.8 Å². The molecule has 0 aromatic heterocycles. The van der Waals surface area contributed by atoms with Crippen LogP contribution in [-0.2, 0) is 36.0 Å². The fourth-order valence-electron chi connectivity index (χ4n) is 5.07. The summed E-state index contributed by atoms with van der Waals surface area (Å²) >= 11 is 0. The Hall–Kier alpha value is -3.60. The number of carbonyl (C=O) groups is 2. The molecule has 200 valence electrons. The van der Waals surface area contributed by atoms with E-state index in [0.717, 1.165) is 29.7 Å². The lowest BCUT2D eigenvalue weighted by atomic mass is 9.87. The molecule has 4 rings (SSSR count). The third kappa shape index (κ3) is 6.63. The molecule has 1 aliphatic rings. The molecule has 1 unspecified atom stereocenters. The first-order chi connectivity index (χ1) is 18.0. The van der Waals surface area contributed by atoms with Crippen molar-refractivity contribution in [3.63, 3.8) is 0 Å². The van der Waals surface area contributed by atoms with Crippen molar-refractivity contribution >= 4 is 11.9 Å². The van der Waals surface area contributed by atoms with Gasteiger partial charge in [-0.2, -0.15) is 0 Å². The van der Waals surface area contributed by atoms with Crippen LogP contribution < -0.4 is 4.74 Å². The zero-order valence-electron chi connectivity index (χ0n) is 23.2. The van der Waals surface area contributed by atoms with E-state index in [0.29, 0.717) is 18.5 Å². The van der Waals surface area contributed by atoms with Gasteiger partial charge in [-0.25, -0.2) is 0 Å². The van der Waals surface area contributed by atoms with Crippen LogP contribution in [0.2, 0.25) is 0 Å². The van der Waals surface area contributed by atoms with Crippen LogP contribution in [0.25, 0.3) is 0 Å². The highest BCUT2D eigenvalue weighted by Gasteiger charge is 2.35. The van der Waals surface area contributed by atoms with E-state index in [-0.39, 0.29) is 29.9 Å². The van der Waals surface area contributed by atoms with E-state index in [9.17, 15) is 14.7 Å². The Morgan fingerprint density at radius 2 is 1.58 bits per heavy atom. The van der Waals surface area contributed by atoms with Crippen LogP contribution >= 0.6 is 0 Å². The summed E-state index contributed by atoms with van der Waals surface area (Å²) in [5, 5.41) is 9.29. The number of nitrogens with zero attached hydrogens (tertiary/aromatic N) is 1. The quantitative estimate of drug-likeness (QED) is 0.350. The maximum Gasteiger partial charge on any atom is 0.305 e. The molecular weight excluding hydrogens is 474 g/mol. The minimum absolute atomic E-state index is 0.0390. The third-order valence-electron chi connectivity index (χ3n) is 7.31. The van der Waals surface area contributed by atoms with Gasteiger partial charge in [0.25, 0.3) is 5.91 Å². The Labute approximate surface area is 226 Å². The number of carboxylic acids is 1. The van der Waals surface area contributed by atoms with Gasteiger partial charge in [0.1, 0.15) is 11.4 Å². The molecule has 0 spiro atoms. The van der Waals surface area contributed by atoms with Crippen LogP contribution in [0.15, 0.2) is 66.7 Å². The number of amides is 1. The first-order valence-corrected chi connectivity index (χ1v) is 13.5. The molecule has 1 N–H and O–H groups in total. The van der Waals surface area contributed by atoms with Crippen LogP contribution in [0.4, 0.5) is 0 Å². The Kier molecular flexibility index (Phi) is 7.96. The minimum atomic E-state index is -0.920. The summed E-state index contributed by atoms with van der Waals surface area (Å²) in [5.74, 6) is -0.280. The molecule has 0 bridgehead atoms. The number of carbonyl (C=O) groups excluding carboxylic acids is 1. The largest absolute Gasteiger partial charge is 0.487 e. The molecule has 1 aliphatic heterocycles. The molecule has 1 atom stereocenters. The second kappa shape index (κ2) is 11.0. The lowest BCUT2D eigenvalue weighted by Crippen LogP contribution is -2.33. The topological polar surface area (TPSA) is 66.8 Å². The summed E-state index contributed by atoms with van der Waals surface area (Å²) in [6.07, 6.45) is 2.41. The fraction of sp³-hybridized carbons (Fsp3) is 0.394. The molecule has 0 aliphatic carbocycles. The smallest absolute Gasteiger partial charge is 0.305 e. The maximum absolute atomic E-state index is 13.6. The lowest BCUT2D eigenvalue weighted by molar-refractivity contribution is -0.137. The molecule has 38 heavy (non-hydrogen) atoms. The molecule has 3 aromatic carbocycles.